The number of hydrogen-bond donors (Lipinski definition) is 0. The molecule has 0 aromatic carbocycles. The first-order chi connectivity index (χ1) is 3.83. The van der Waals surface area contributed by atoms with Gasteiger partial charge in [-0.3, -0.25) is 9.59 Å². The number of rotatable bonds is 2. The minimum Gasteiger partial charge on any atom is -0.471 e. The van der Waals surface area contributed by atoms with E-state index in [0.717, 1.165) is 0 Å². The Bertz CT molecular complexity index is 45.7. The number of ether oxygens (including phenoxy) is 2. The molecule has 0 atom stereocenters. The quantitative estimate of drug-likeness (QED) is 0.550. The summed E-state index contributed by atoms with van der Waals surface area (Å²) in [6, 6.07) is 0. The standard InChI is InChI=1S/2C2H4O2.2CH4/c2*1-4-2-3;;/h2*2H,1H3;2*1H4. The lowest BCUT2D eigenvalue weighted by molar-refractivity contribution is -0.126. The average molecular weight is 152 g/mol. The second-order valence-electron chi connectivity index (χ2n) is 0.664. The van der Waals surface area contributed by atoms with E-state index in [1.807, 2.05) is 0 Å². The third-order valence-electron chi connectivity index (χ3n) is 0.192. The molecule has 0 aliphatic rings. The van der Waals surface area contributed by atoms with E-state index < -0.39 is 0 Å². The summed E-state index contributed by atoms with van der Waals surface area (Å²) in [6.07, 6.45) is 0. The lowest BCUT2D eigenvalue weighted by atomic mass is 11.5. The molecular weight excluding hydrogens is 136 g/mol. The molecule has 0 rings (SSSR count). The Morgan fingerprint density at radius 1 is 0.900 bits per heavy atom. The van der Waals surface area contributed by atoms with E-state index in [1.165, 1.54) is 14.2 Å². The Morgan fingerprint density at radius 2 is 1.00 bits per heavy atom. The monoisotopic (exact) mass is 152 g/mol. The van der Waals surface area contributed by atoms with Crippen molar-refractivity contribution >= 4 is 12.9 Å². The molecule has 0 saturated heterocycles. The van der Waals surface area contributed by atoms with Crippen LogP contribution in [-0.2, 0) is 19.1 Å². The maximum atomic E-state index is 8.95. The maximum Gasteiger partial charge on any atom is 0.292 e. The van der Waals surface area contributed by atoms with E-state index in [2.05, 4.69) is 9.47 Å². The number of carbonyl (C=O) groups excluding carboxylic acids is 2. The molecule has 0 heterocycles. The van der Waals surface area contributed by atoms with Crippen molar-refractivity contribution in [3.8, 4) is 0 Å². The van der Waals surface area contributed by atoms with Crippen molar-refractivity contribution in [3.63, 3.8) is 0 Å². The molecule has 64 valence electrons. The Kier molecular flexibility index (Phi) is 102. The van der Waals surface area contributed by atoms with Crippen LogP contribution in [0.1, 0.15) is 14.9 Å². The molecule has 0 fully saturated rings. The lowest BCUT2D eigenvalue weighted by Gasteiger charge is -1.67. The highest BCUT2D eigenvalue weighted by atomic mass is 16.5. The van der Waals surface area contributed by atoms with Crippen LogP contribution in [-0.4, -0.2) is 27.2 Å². The van der Waals surface area contributed by atoms with Crippen molar-refractivity contribution in [2.75, 3.05) is 14.2 Å². The first kappa shape index (κ1) is 23.1. The lowest BCUT2D eigenvalue weighted by Crippen LogP contribution is -1.68. The molecule has 0 aliphatic heterocycles. The Morgan fingerprint density at radius 3 is 1.00 bits per heavy atom. The van der Waals surface area contributed by atoms with Crippen LogP contribution < -0.4 is 0 Å². The van der Waals surface area contributed by atoms with Crippen LogP contribution in [0.15, 0.2) is 0 Å². The highest BCUT2D eigenvalue weighted by molar-refractivity contribution is 5.36. The predicted molar refractivity (Wildman–Crippen MR) is 39.6 cm³/mol. The fourth-order valence-corrected chi connectivity index (χ4v) is 0. The summed E-state index contributed by atoms with van der Waals surface area (Å²) in [6.45, 7) is 0.750. The third kappa shape index (κ3) is 277. The molecule has 0 bridgehead atoms. The highest BCUT2D eigenvalue weighted by Crippen LogP contribution is 1.35. The summed E-state index contributed by atoms with van der Waals surface area (Å²) in [7, 11) is 2.62. The summed E-state index contributed by atoms with van der Waals surface area (Å²) in [4.78, 5) is 17.9. The van der Waals surface area contributed by atoms with Gasteiger partial charge in [-0.05, 0) is 0 Å². The zero-order chi connectivity index (χ0) is 6.83. The van der Waals surface area contributed by atoms with Gasteiger partial charge in [-0.1, -0.05) is 14.9 Å². The van der Waals surface area contributed by atoms with Gasteiger partial charge in [-0.25, -0.2) is 0 Å². The molecular formula is C6H16O4. The van der Waals surface area contributed by atoms with Gasteiger partial charge in [-0.2, -0.15) is 0 Å². The second kappa shape index (κ2) is 44.2. The molecule has 0 spiro atoms. The van der Waals surface area contributed by atoms with Gasteiger partial charge in [-0.15, -0.1) is 0 Å². The predicted octanol–water partition coefficient (Wildman–Crippen LogP) is 0.851. The van der Waals surface area contributed by atoms with Crippen molar-refractivity contribution in [2.45, 2.75) is 14.9 Å². The molecule has 4 nitrogen and oxygen atoms in total. The Balaban J connectivity index is -0.0000000300. The van der Waals surface area contributed by atoms with Crippen LogP contribution in [0.4, 0.5) is 0 Å². The van der Waals surface area contributed by atoms with Gasteiger partial charge in [0.2, 0.25) is 0 Å². The van der Waals surface area contributed by atoms with Gasteiger partial charge >= 0.3 is 0 Å². The Hall–Kier alpha value is -1.06. The molecule has 0 radical (unpaired) electrons. The normalized spacial score (nSPS) is 4.20. The van der Waals surface area contributed by atoms with Crippen molar-refractivity contribution in [1.82, 2.24) is 0 Å². The molecule has 4 heteroatoms. The average Bonchev–Trinajstić information content (AvgIpc) is 1.88. The summed E-state index contributed by atoms with van der Waals surface area (Å²) in [5.74, 6) is 0. The van der Waals surface area contributed by atoms with E-state index in [4.69, 9.17) is 9.59 Å². The smallest absolute Gasteiger partial charge is 0.292 e. The largest absolute Gasteiger partial charge is 0.471 e. The molecule has 0 unspecified atom stereocenters. The summed E-state index contributed by atoms with van der Waals surface area (Å²) >= 11 is 0. The minimum atomic E-state index is 0. The van der Waals surface area contributed by atoms with E-state index in [1.54, 1.807) is 0 Å². The summed E-state index contributed by atoms with van der Waals surface area (Å²) < 4.78 is 7.72. The molecule has 0 aromatic rings. The van der Waals surface area contributed by atoms with Crippen LogP contribution in [0.3, 0.4) is 0 Å². The van der Waals surface area contributed by atoms with Crippen LogP contribution in [0, 0.1) is 0 Å². The van der Waals surface area contributed by atoms with E-state index >= 15 is 0 Å². The molecule has 0 saturated carbocycles. The summed E-state index contributed by atoms with van der Waals surface area (Å²) in [5, 5.41) is 0. The van der Waals surface area contributed by atoms with Gasteiger partial charge in [0.15, 0.2) is 0 Å². The van der Waals surface area contributed by atoms with E-state index in [9.17, 15) is 0 Å². The zero-order valence-corrected chi connectivity index (χ0v) is 4.79. The van der Waals surface area contributed by atoms with Crippen LogP contribution in [0.2, 0.25) is 0 Å². The first-order valence-electron chi connectivity index (χ1n) is 1.76. The van der Waals surface area contributed by atoms with Gasteiger partial charge in [0.05, 0.1) is 14.2 Å². The molecule has 0 aromatic heterocycles. The van der Waals surface area contributed by atoms with Gasteiger partial charge in [0, 0.05) is 0 Å². The van der Waals surface area contributed by atoms with Gasteiger partial charge < -0.3 is 9.47 Å². The van der Waals surface area contributed by atoms with Crippen molar-refractivity contribution < 1.29 is 19.1 Å². The molecule has 10 heavy (non-hydrogen) atoms. The number of carbonyl (C=O) groups is 2. The fraction of sp³-hybridized carbons (Fsp3) is 0.667. The molecule has 0 amide bonds. The van der Waals surface area contributed by atoms with Crippen molar-refractivity contribution in [3.05, 3.63) is 0 Å². The van der Waals surface area contributed by atoms with Crippen LogP contribution >= 0.6 is 0 Å². The second-order valence-corrected chi connectivity index (χ2v) is 0.664. The Labute approximate surface area is 62.1 Å². The fourth-order valence-electron chi connectivity index (χ4n) is 0. The minimum absolute atomic E-state index is 0. The zero-order valence-electron chi connectivity index (χ0n) is 4.79. The van der Waals surface area contributed by atoms with Crippen LogP contribution in [0.5, 0.6) is 0 Å². The van der Waals surface area contributed by atoms with Crippen LogP contribution in [0.25, 0.3) is 0 Å². The maximum absolute atomic E-state index is 8.95. The highest BCUT2D eigenvalue weighted by Gasteiger charge is 1.44. The number of methoxy groups -OCH3 is 2. The van der Waals surface area contributed by atoms with E-state index in [0.29, 0.717) is 12.9 Å². The van der Waals surface area contributed by atoms with Gasteiger partial charge in [0.25, 0.3) is 12.9 Å². The molecule has 0 aliphatic carbocycles. The topological polar surface area (TPSA) is 52.6 Å². The first-order valence-corrected chi connectivity index (χ1v) is 1.76. The molecule has 0 N–H and O–H groups in total. The SMILES string of the molecule is C.C.COC=O.COC=O. The van der Waals surface area contributed by atoms with Gasteiger partial charge in [0.1, 0.15) is 0 Å². The van der Waals surface area contributed by atoms with E-state index in [-0.39, 0.29) is 14.9 Å². The summed E-state index contributed by atoms with van der Waals surface area (Å²) in [5.41, 5.74) is 0. The number of hydrogen-bond acceptors (Lipinski definition) is 4. The van der Waals surface area contributed by atoms with Crippen molar-refractivity contribution in [2.24, 2.45) is 0 Å². The van der Waals surface area contributed by atoms with Crippen molar-refractivity contribution in [1.29, 1.82) is 0 Å². The third-order valence-corrected chi connectivity index (χ3v) is 0.192.